The van der Waals surface area contributed by atoms with Gasteiger partial charge in [-0.05, 0) is 48.7 Å². The van der Waals surface area contributed by atoms with Crippen molar-refractivity contribution < 1.29 is 9.21 Å². The van der Waals surface area contributed by atoms with Crippen LogP contribution < -0.4 is 10.3 Å². The fraction of sp³-hybridized carbons (Fsp3) is 0.115. The third kappa shape index (κ3) is 3.59. The average molecular weight is 441 g/mol. The summed E-state index contributed by atoms with van der Waals surface area (Å²) in [7, 11) is 0. The predicted octanol–water partition coefficient (Wildman–Crippen LogP) is 5.87. The minimum absolute atomic E-state index is 0.00760. The lowest BCUT2D eigenvalue weighted by atomic mass is 10.1. The predicted molar refractivity (Wildman–Crippen MR) is 129 cm³/mol. The summed E-state index contributed by atoms with van der Waals surface area (Å²) in [6, 6.07) is 20.8. The standard InChI is InChI=1S/C26H20N2O3S/c1-16-12-17(2)23-22(13-16)32-26(27-23)28(14-18-8-4-3-5-9-18)25(30)20-15-31-21-11-7-6-10-19(21)24(20)29/h3-13,15H,14H2,1-2H3. The maximum Gasteiger partial charge on any atom is 0.267 e. The Morgan fingerprint density at radius 3 is 2.59 bits per heavy atom. The third-order valence-corrected chi connectivity index (χ3v) is 6.41. The molecule has 0 aliphatic rings. The Labute approximate surface area is 188 Å². The molecule has 0 aliphatic heterocycles. The van der Waals surface area contributed by atoms with Gasteiger partial charge in [-0.25, -0.2) is 4.98 Å². The number of benzene rings is 3. The van der Waals surface area contributed by atoms with Gasteiger partial charge in [-0.2, -0.15) is 0 Å². The highest BCUT2D eigenvalue weighted by atomic mass is 32.1. The van der Waals surface area contributed by atoms with Crippen LogP contribution in [-0.2, 0) is 6.54 Å². The largest absolute Gasteiger partial charge is 0.463 e. The molecule has 0 spiro atoms. The lowest BCUT2D eigenvalue weighted by Crippen LogP contribution is -2.33. The normalized spacial score (nSPS) is 11.2. The Hall–Kier alpha value is -3.77. The highest BCUT2D eigenvalue weighted by Crippen LogP contribution is 2.33. The molecular weight excluding hydrogens is 420 g/mol. The molecule has 32 heavy (non-hydrogen) atoms. The second-order valence-corrected chi connectivity index (χ2v) is 8.79. The molecule has 0 N–H and O–H groups in total. The molecule has 0 radical (unpaired) electrons. The first-order valence-corrected chi connectivity index (χ1v) is 11.1. The summed E-state index contributed by atoms with van der Waals surface area (Å²) in [4.78, 5) is 33.1. The Bertz CT molecular complexity index is 1520. The average Bonchev–Trinajstić information content (AvgIpc) is 3.22. The van der Waals surface area contributed by atoms with Crippen molar-refractivity contribution in [3.8, 4) is 0 Å². The van der Waals surface area contributed by atoms with Crippen molar-refractivity contribution in [2.45, 2.75) is 20.4 Å². The van der Waals surface area contributed by atoms with Crippen molar-refractivity contribution in [3.05, 3.63) is 105 Å². The smallest absolute Gasteiger partial charge is 0.267 e. The molecule has 2 aromatic heterocycles. The molecule has 0 atom stereocenters. The number of carbonyl (C=O) groups is 1. The highest BCUT2D eigenvalue weighted by molar-refractivity contribution is 7.22. The van der Waals surface area contributed by atoms with Gasteiger partial charge in [0, 0.05) is 0 Å². The van der Waals surface area contributed by atoms with Crippen molar-refractivity contribution in [2.24, 2.45) is 0 Å². The number of aryl methyl sites for hydroxylation is 2. The summed E-state index contributed by atoms with van der Waals surface area (Å²) in [5, 5.41) is 0.934. The van der Waals surface area contributed by atoms with Crippen LogP contribution in [0.1, 0.15) is 27.0 Å². The van der Waals surface area contributed by atoms with Crippen molar-refractivity contribution >= 4 is 43.6 Å². The number of carbonyl (C=O) groups excluding carboxylic acids is 1. The maximum absolute atomic E-state index is 13.7. The Morgan fingerprint density at radius 1 is 1.03 bits per heavy atom. The van der Waals surface area contributed by atoms with Crippen LogP contribution in [0.2, 0.25) is 0 Å². The minimum Gasteiger partial charge on any atom is -0.463 e. The number of para-hydroxylation sites is 1. The molecule has 1 amide bonds. The zero-order chi connectivity index (χ0) is 22.2. The summed E-state index contributed by atoms with van der Waals surface area (Å²) in [5.41, 5.74) is 4.11. The van der Waals surface area contributed by atoms with Crippen LogP contribution >= 0.6 is 11.3 Å². The molecule has 0 bridgehead atoms. The van der Waals surface area contributed by atoms with Crippen LogP contribution in [0.3, 0.4) is 0 Å². The van der Waals surface area contributed by atoms with E-state index in [4.69, 9.17) is 9.40 Å². The number of thiazole rings is 1. The fourth-order valence-corrected chi connectivity index (χ4v) is 4.98. The van der Waals surface area contributed by atoms with E-state index in [0.29, 0.717) is 22.6 Å². The molecule has 158 valence electrons. The monoisotopic (exact) mass is 440 g/mol. The second-order valence-electron chi connectivity index (χ2n) is 7.78. The number of fused-ring (bicyclic) bond motifs is 2. The van der Waals surface area contributed by atoms with Crippen molar-refractivity contribution in [2.75, 3.05) is 4.90 Å². The minimum atomic E-state index is -0.429. The van der Waals surface area contributed by atoms with Crippen LogP contribution in [0, 0.1) is 13.8 Å². The number of anilines is 1. The zero-order valence-electron chi connectivity index (χ0n) is 17.7. The van der Waals surface area contributed by atoms with Crippen molar-refractivity contribution in [1.82, 2.24) is 4.98 Å². The molecule has 5 aromatic rings. The van der Waals surface area contributed by atoms with Gasteiger partial charge in [0.25, 0.3) is 5.91 Å². The van der Waals surface area contributed by atoms with E-state index < -0.39 is 5.91 Å². The van der Waals surface area contributed by atoms with E-state index >= 15 is 0 Å². The van der Waals surface area contributed by atoms with E-state index in [1.165, 1.54) is 17.6 Å². The van der Waals surface area contributed by atoms with Crippen LogP contribution in [0.25, 0.3) is 21.2 Å². The number of rotatable bonds is 4. The molecule has 0 aliphatic carbocycles. The molecule has 5 rings (SSSR count). The van der Waals surface area contributed by atoms with Crippen LogP contribution in [0.4, 0.5) is 5.13 Å². The second kappa shape index (κ2) is 8.05. The molecule has 5 nitrogen and oxygen atoms in total. The number of amides is 1. The van der Waals surface area contributed by atoms with E-state index in [1.807, 2.05) is 44.2 Å². The van der Waals surface area contributed by atoms with Gasteiger partial charge in [0.05, 0.1) is 22.1 Å². The lowest BCUT2D eigenvalue weighted by Gasteiger charge is -2.19. The van der Waals surface area contributed by atoms with E-state index in [1.54, 1.807) is 29.2 Å². The molecule has 0 saturated carbocycles. The number of aromatic nitrogens is 1. The van der Waals surface area contributed by atoms with Gasteiger partial charge < -0.3 is 4.42 Å². The third-order valence-electron chi connectivity index (χ3n) is 5.39. The number of hydrogen-bond acceptors (Lipinski definition) is 5. The van der Waals surface area contributed by atoms with Gasteiger partial charge in [-0.15, -0.1) is 0 Å². The van der Waals surface area contributed by atoms with Crippen molar-refractivity contribution in [1.29, 1.82) is 0 Å². The topological polar surface area (TPSA) is 63.4 Å². The Kier molecular flexibility index (Phi) is 5.07. The van der Waals surface area contributed by atoms with Gasteiger partial charge >= 0.3 is 0 Å². The van der Waals surface area contributed by atoms with Crippen molar-refractivity contribution in [3.63, 3.8) is 0 Å². The number of hydrogen-bond donors (Lipinski definition) is 0. The van der Waals surface area contributed by atoms with Gasteiger partial charge in [-0.1, -0.05) is 59.9 Å². The highest BCUT2D eigenvalue weighted by Gasteiger charge is 2.25. The van der Waals surface area contributed by atoms with E-state index in [-0.39, 0.29) is 11.0 Å². The van der Waals surface area contributed by atoms with Gasteiger partial charge in [0.2, 0.25) is 5.43 Å². The first-order valence-electron chi connectivity index (χ1n) is 10.3. The Morgan fingerprint density at radius 2 is 1.78 bits per heavy atom. The summed E-state index contributed by atoms with van der Waals surface area (Å²) >= 11 is 1.45. The van der Waals surface area contributed by atoms with Gasteiger partial charge in [-0.3, -0.25) is 14.5 Å². The van der Waals surface area contributed by atoms with E-state index in [0.717, 1.165) is 26.9 Å². The van der Waals surface area contributed by atoms with Crippen LogP contribution in [0.5, 0.6) is 0 Å². The summed E-state index contributed by atoms with van der Waals surface area (Å²) in [5.74, 6) is -0.429. The van der Waals surface area contributed by atoms with Crippen LogP contribution in [0.15, 0.2) is 82.2 Å². The summed E-state index contributed by atoms with van der Waals surface area (Å²) < 4.78 is 6.62. The maximum atomic E-state index is 13.7. The van der Waals surface area contributed by atoms with Crippen LogP contribution in [-0.4, -0.2) is 10.9 Å². The summed E-state index contributed by atoms with van der Waals surface area (Å²) in [6.07, 6.45) is 1.26. The van der Waals surface area contributed by atoms with E-state index in [9.17, 15) is 9.59 Å². The fourth-order valence-electron chi connectivity index (χ4n) is 3.84. The quantitative estimate of drug-likeness (QED) is 0.351. The summed E-state index contributed by atoms with van der Waals surface area (Å²) in [6.45, 7) is 4.35. The molecular formula is C26H20N2O3S. The molecule has 0 unspecified atom stereocenters. The van der Waals surface area contributed by atoms with Gasteiger partial charge in [0.1, 0.15) is 17.4 Å². The molecule has 6 heteroatoms. The zero-order valence-corrected chi connectivity index (χ0v) is 18.5. The Balaban J connectivity index is 1.65. The number of nitrogens with zero attached hydrogens (tertiary/aromatic N) is 2. The lowest BCUT2D eigenvalue weighted by molar-refractivity contribution is 0.0982. The molecule has 0 fully saturated rings. The molecule has 2 heterocycles. The van der Waals surface area contributed by atoms with E-state index in [2.05, 4.69) is 12.1 Å². The SMILES string of the molecule is Cc1cc(C)c2nc(N(Cc3ccccc3)C(=O)c3coc4ccccc4c3=O)sc2c1. The van der Waals surface area contributed by atoms with Gasteiger partial charge in [0.15, 0.2) is 5.13 Å². The molecule has 3 aromatic carbocycles. The molecule has 0 saturated heterocycles. The first-order chi connectivity index (χ1) is 15.5. The first kappa shape index (κ1) is 20.2.